The van der Waals surface area contributed by atoms with Crippen LogP contribution in [0.25, 0.3) is 0 Å². The molecule has 0 aliphatic heterocycles. The normalized spacial score (nSPS) is 9.60. The van der Waals surface area contributed by atoms with Crippen LogP contribution in [0.5, 0.6) is 0 Å². The van der Waals surface area contributed by atoms with Gasteiger partial charge in [-0.3, -0.25) is 0 Å². The number of nitrogens with two attached hydrogens (primary N) is 1. The maximum absolute atomic E-state index is 10.2. The second-order valence-electron chi connectivity index (χ2n) is 5.73. The largest absolute Gasteiger partial charge is 0.870 e. The van der Waals surface area contributed by atoms with Gasteiger partial charge in [0.2, 0.25) is 10.3 Å². The van der Waals surface area contributed by atoms with Crippen LogP contribution in [-0.2, 0) is 15.0 Å². The zero-order valence-electron chi connectivity index (χ0n) is 16.1. The lowest BCUT2D eigenvalue weighted by atomic mass is 10.1. The van der Waals surface area contributed by atoms with Crippen molar-refractivity contribution < 1.29 is 28.3 Å². The van der Waals surface area contributed by atoms with Gasteiger partial charge >= 0.3 is 6.09 Å². The molecule has 0 spiro atoms. The summed E-state index contributed by atoms with van der Waals surface area (Å²) in [5, 5.41) is 1.31. The number of amides is 1. The van der Waals surface area contributed by atoms with Crippen molar-refractivity contribution >= 4 is 21.8 Å². The van der Waals surface area contributed by atoms with Crippen LogP contribution < -0.4 is 10.6 Å². The zero-order valence-corrected chi connectivity index (χ0v) is 16.9. The number of carbonyl (C=O) groups is 1. The molecule has 0 fully saturated rings. The minimum atomic E-state index is -1.99. The van der Waals surface area contributed by atoms with E-state index in [-0.39, 0.29) is 5.48 Å². The van der Waals surface area contributed by atoms with E-state index in [2.05, 4.69) is 11.7 Å². The van der Waals surface area contributed by atoms with Crippen molar-refractivity contribution in [2.24, 2.45) is 5.73 Å². The number of rotatable bonds is 13. The molecule has 0 aromatic heterocycles. The molecule has 0 aromatic rings. The van der Waals surface area contributed by atoms with Crippen LogP contribution in [0, 0.1) is 0 Å². The van der Waals surface area contributed by atoms with E-state index in [9.17, 15) is 13.2 Å². The van der Waals surface area contributed by atoms with E-state index in [1.54, 1.807) is 0 Å². The van der Waals surface area contributed by atoms with E-state index in [1.165, 1.54) is 48.8 Å². The average molecular weight is 383 g/mol. The van der Waals surface area contributed by atoms with Gasteiger partial charge in [-0.25, -0.2) is 4.79 Å². The third-order valence-electron chi connectivity index (χ3n) is 3.75. The van der Waals surface area contributed by atoms with Crippen molar-refractivity contribution in [3.05, 3.63) is 0 Å². The molecular formula is C17H38N2O5S. The first-order valence-electron chi connectivity index (χ1n) is 9.14. The topological polar surface area (TPSA) is 121 Å². The number of hydrogen-bond acceptors (Lipinski definition) is 5. The van der Waals surface area contributed by atoms with Crippen molar-refractivity contribution in [2.75, 3.05) is 26.2 Å². The van der Waals surface area contributed by atoms with Crippen LogP contribution >= 0.6 is 0 Å². The molecule has 0 unspecified atom stereocenters. The first-order chi connectivity index (χ1) is 11.5. The molecule has 0 aliphatic carbocycles. The molecule has 8 heteroatoms. The zero-order chi connectivity index (χ0) is 18.6. The summed E-state index contributed by atoms with van der Waals surface area (Å²) in [5.74, 6) is 0. The highest BCUT2D eigenvalue weighted by Crippen LogP contribution is 2.08. The van der Waals surface area contributed by atoms with Crippen LogP contribution in [0.1, 0.15) is 72.1 Å². The third kappa shape index (κ3) is 28.0. The number of primary amides is 1. The molecule has 7 nitrogen and oxygen atoms in total. The highest BCUT2D eigenvalue weighted by molar-refractivity contribution is 7.71. The lowest BCUT2D eigenvalue weighted by Gasteiger charge is -2.10. The smallest absolute Gasteiger partial charge is 0.404 e. The highest BCUT2D eigenvalue weighted by atomic mass is 32.2. The SMILES string of the molecule is CCCCCCCCCCOC(N)=O.CC[NH+](CC)CC=S(=O)=O.[OH-]. The Balaban J connectivity index is -0.000000392. The van der Waals surface area contributed by atoms with Crippen molar-refractivity contribution in [3.63, 3.8) is 0 Å². The van der Waals surface area contributed by atoms with Crippen molar-refractivity contribution in [3.8, 4) is 0 Å². The van der Waals surface area contributed by atoms with Gasteiger partial charge in [0.1, 0.15) is 6.54 Å². The van der Waals surface area contributed by atoms with Gasteiger partial charge in [0, 0.05) is 0 Å². The van der Waals surface area contributed by atoms with Crippen LogP contribution in [0.3, 0.4) is 0 Å². The Labute approximate surface area is 154 Å². The molecule has 25 heavy (non-hydrogen) atoms. The molecule has 0 bridgehead atoms. The van der Waals surface area contributed by atoms with E-state index < -0.39 is 16.4 Å². The molecule has 0 aromatic carbocycles. The molecular weight excluding hydrogens is 344 g/mol. The molecule has 152 valence electrons. The Morgan fingerprint density at radius 2 is 1.44 bits per heavy atom. The molecule has 0 saturated carbocycles. The summed E-state index contributed by atoms with van der Waals surface area (Å²) in [7, 11) is -1.99. The first kappa shape index (κ1) is 28.7. The van der Waals surface area contributed by atoms with E-state index in [1.807, 2.05) is 13.8 Å². The van der Waals surface area contributed by atoms with Gasteiger partial charge in [-0.05, 0) is 20.3 Å². The van der Waals surface area contributed by atoms with Gasteiger partial charge in [-0.1, -0.05) is 51.9 Å². The molecule has 1 amide bonds. The minimum Gasteiger partial charge on any atom is -0.870 e. The maximum Gasteiger partial charge on any atom is 0.404 e. The fraction of sp³-hybridized carbons (Fsp3) is 0.882. The van der Waals surface area contributed by atoms with Crippen LogP contribution in [-0.4, -0.2) is 51.6 Å². The summed E-state index contributed by atoms with van der Waals surface area (Å²) in [4.78, 5) is 11.5. The molecule has 0 radical (unpaired) electrons. The summed E-state index contributed by atoms with van der Waals surface area (Å²) in [6.07, 6.45) is 9.31. The monoisotopic (exact) mass is 382 g/mol. The van der Waals surface area contributed by atoms with Gasteiger partial charge in [0.25, 0.3) is 0 Å². The Hall–Kier alpha value is -1.12. The van der Waals surface area contributed by atoms with Crippen molar-refractivity contribution in [1.29, 1.82) is 0 Å². The summed E-state index contributed by atoms with van der Waals surface area (Å²) in [6, 6.07) is 0. The molecule has 4 N–H and O–H groups in total. The summed E-state index contributed by atoms with van der Waals surface area (Å²) in [5.41, 5.74) is 4.83. The number of quaternary nitrogens is 1. The van der Waals surface area contributed by atoms with Crippen molar-refractivity contribution in [2.45, 2.75) is 72.1 Å². The Bertz CT molecular complexity index is 401. The standard InChI is InChI=1S/C11H23NO2.C6H13NO2S.H2O/c1-2-3-4-5-6-7-8-9-10-14-11(12)13;1-3-7(4-2)5-6-10(8)9;/h2-10H2,1H3,(H2,12,13);6H,3-5H2,1-2H3;1H2. The van der Waals surface area contributed by atoms with Crippen molar-refractivity contribution in [1.82, 2.24) is 0 Å². The van der Waals surface area contributed by atoms with E-state index >= 15 is 0 Å². The predicted molar refractivity (Wildman–Crippen MR) is 102 cm³/mol. The first-order valence-corrected chi connectivity index (χ1v) is 10.3. The van der Waals surface area contributed by atoms with Crippen LogP contribution in [0.2, 0.25) is 0 Å². The number of unbranched alkanes of at least 4 members (excludes halogenated alkanes) is 7. The second-order valence-corrected chi connectivity index (χ2v) is 6.59. The van der Waals surface area contributed by atoms with E-state index in [0.29, 0.717) is 13.2 Å². The predicted octanol–water partition coefficient (Wildman–Crippen LogP) is 1.64. The Kier molecular flexibility index (Phi) is 26.2. The number of ether oxygens (including phenoxy) is 1. The number of nitrogens with one attached hydrogen (secondary N) is 1. The molecule has 0 aliphatic rings. The van der Waals surface area contributed by atoms with E-state index in [0.717, 1.165) is 25.9 Å². The van der Waals surface area contributed by atoms with E-state index in [4.69, 9.17) is 5.73 Å². The third-order valence-corrected chi connectivity index (χ3v) is 4.19. The quantitative estimate of drug-likeness (QED) is 0.370. The molecule has 0 heterocycles. The van der Waals surface area contributed by atoms with Gasteiger partial charge in [-0.2, -0.15) is 8.42 Å². The second kappa shape index (κ2) is 22.9. The summed E-state index contributed by atoms with van der Waals surface area (Å²) in [6.45, 7) is 9.35. The van der Waals surface area contributed by atoms with Gasteiger partial charge in [-0.15, -0.1) is 0 Å². The lowest BCUT2D eigenvalue weighted by molar-refractivity contribution is -0.886. The van der Waals surface area contributed by atoms with Crippen LogP contribution in [0.15, 0.2) is 0 Å². The summed E-state index contributed by atoms with van der Waals surface area (Å²) < 4.78 is 24.8. The number of carbonyl (C=O) groups excluding carboxylic acids is 1. The van der Waals surface area contributed by atoms with Crippen LogP contribution in [0.4, 0.5) is 4.79 Å². The van der Waals surface area contributed by atoms with Gasteiger partial charge in [0.15, 0.2) is 0 Å². The summed E-state index contributed by atoms with van der Waals surface area (Å²) >= 11 is 0. The fourth-order valence-corrected chi connectivity index (χ4v) is 2.51. The molecule has 0 rings (SSSR count). The molecule has 0 saturated heterocycles. The lowest BCUT2D eigenvalue weighted by Crippen LogP contribution is -3.11. The van der Waals surface area contributed by atoms with Gasteiger partial charge in [0.05, 0.1) is 25.1 Å². The average Bonchev–Trinajstić information content (AvgIpc) is 2.54. The molecule has 0 atom stereocenters. The number of hydrogen-bond donors (Lipinski definition) is 2. The maximum atomic E-state index is 10.2. The Morgan fingerprint density at radius 1 is 0.960 bits per heavy atom. The highest BCUT2D eigenvalue weighted by Gasteiger charge is 1.97. The fourth-order valence-electron chi connectivity index (χ4n) is 2.13. The van der Waals surface area contributed by atoms with Gasteiger partial charge < -0.3 is 20.8 Å². The Morgan fingerprint density at radius 3 is 1.84 bits per heavy atom. The minimum absolute atomic E-state index is 0.